The van der Waals surface area contributed by atoms with Gasteiger partial charge in [-0.15, -0.1) is 0 Å². The lowest BCUT2D eigenvalue weighted by Gasteiger charge is -2.15. The van der Waals surface area contributed by atoms with Crippen LogP contribution in [0.3, 0.4) is 0 Å². The van der Waals surface area contributed by atoms with E-state index in [0.29, 0.717) is 0 Å². The van der Waals surface area contributed by atoms with Crippen molar-refractivity contribution in [1.29, 1.82) is 0 Å². The number of anilines is 1. The van der Waals surface area contributed by atoms with Crippen molar-refractivity contribution in [3.05, 3.63) is 33.4 Å². The highest BCUT2D eigenvalue weighted by atomic mass is 79.9. The first-order valence-corrected chi connectivity index (χ1v) is 8.21. The van der Waals surface area contributed by atoms with E-state index in [1.54, 1.807) is 0 Å². The van der Waals surface area contributed by atoms with Crippen LogP contribution in [0.5, 0.6) is 0 Å². The Labute approximate surface area is 130 Å². The molecule has 0 aliphatic carbocycles. The summed E-state index contributed by atoms with van der Waals surface area (Å²) in [5, 5.41) is 4.81. The molecule has 0 fully saturated rings. The third-order valence-corrected chi connectivity index (χ3v) is 4.80. The molecule has 1 heterocycles. The topological polar surface area (TPSA) is 24.9 Å². The van der Waals surface area contributed by atoms with Gasteiger partial charge in [-0.05, 0) is 49.9 Å². The van der Waals surface area contributed by atoms with Crippen LogP contribution in [0, 0.1) is 13.8 Å². The Hall–Kier alpha value is -1.09. The number of nitrogens with one attached hydrogen (secondary N) is 1. The number of rotatable bonds is 5. The molecule has 2 nitrogen and oxygen atoms in total. The Kier molecular flexibility index (Phi) is 5.03. The summed E-state index contributed by atoms with van der Waals surface area (Å²) in [7, 11) is 0. The largest absolute Gasteiger partial charge is 0.384 e. The number of pyridine rings is 1. The van der Waals surface area contributed by atoms with Crippen molar-refractivity contribution in [2.45, 2.75) is 47.0 Å². The number of benzene rings is 1. The minimum absolute atomic E-state index is 0.996. The molecule has 0 aliphatic heterocycles. The van der Waals surface area contributed by atoms with Crippen LogP contribution < -0.4 is 5.32 Å². The summed E-state index contributed by atoms with van der Waals surface area (Å²) in [6.07, 6.45) is 3.28. The Bertz CT molecular complexity index is 620. The van der Waals surface area contributed by atoms with Crippen molar-refractivity contribution in [3.8, 4) is 0 Å². The second kappa shape index (κ2) is 6.57. The smallest absolute Gasteiger partial charge is 0.0732 e. The average Bonchev–Trinajstić information content (AvgIpc) is 2.42. The molecule has 0 unspecified atom stereocenters. The van der Waals surface area contributed by atoms with Crippen LogP contribution in [-0.4, -0.2) is 11.5 Å². The first-order valence-electron chi connectivity index (χ1n) is 7.41. The van der Waals surface area contributed by atoms with Gasteiger partial charge in [0, 0.05) is 27.8 Å². The number of aryl methyl sites for hydroxylation is 3. The van der Waals surface area contributed by atoms with Crippen LogP contribution in [0.1, 0.15) is 43.5 Å². The molecule has 108 valence electrons. The van der Waals surface area contributed by atoms with Crippen molar-refractivity contribution in [3.63, 3.8) is 0 Å². The van der Waals surface area contributed by atoms with Gasteiger partial charge < -0.3 is 5.32 Å². The number of hydrogen-bond donors (Lipinski definition) is 1. The van der Waals surface area contributed by atoms with E-state index in [2.05, 4.69) is 61.1 Å². The lowest BCUT2D eigenvalue weighted by Crippen LogP contribution is -2.04. The summed E-state index contributed by atoms with van der Waals surface area (Å²) in [5.74, 6) is 0. The van der Waals surface area contributed by atoms with Gasteiger partial charge >= 0.3 is 0 Å². The van der Waals surface area contributed by atoms with E-state index in [1.165, 1.54) is 32.4 Å². The maximum absolute atomic E-state index is 4.84. The Balaban J connectivity index is 2.67. The molecule has 20 heavy (non-hydrogen) atoms. The predicted octanol–water partition coefficient (Wildman–Crippen LogP) is 5.39. The van der Waals surface area contributed by atoms with E-state index >= 15 is 0 Å². The highest BCUT2D eigenvalue weighted by Gasteiger charge is 2.12. The van der Waals surface area contributed by atoms with Crippen LogP contribution in [0.4, 0.5) is 5.69 Å². The second-order valence-corrected chi connectivity index (χ2v) is 6.16. The Morgan fingerprint density at radius 2 is 1.90 bits per heavy atom. The van der Waals surface area contributed by atoms with Crippen LogP contribution in [0.2, 0.25) is 0 Å². The first-order chi connectivity index (χ1) is 9.58. The van der Waals surface area contributed by atoms with Gasteiger partial charge in [-0.25, -0.2) is 0 Å². The van der Waals surface area contributed by atoms with Crippen molar-refractivity contribution in [2.75, 3.05) is 11.9 Å². The molecule has 0 saturated heterocycles. The zero-order chi connectivity index (χ0) is 14.7. The fourth-order valence-electron chi connectivity index (χ4n) is 2.58. The molecule has 1 aromatic carbocycles. The highest BCUT2D eigenvalue weighted by molar-refractivity contribution is 9.10. The third-order valence-electron chi connectivity index (χ3n) is 3.58. The molecule has 0 amide bonds. The predicted molar refractivity (Wildman–Crippen MR) is 91.7 cm³/mol. The molecule has 0 saturated carbocycles. The first kappa shape index (κ1) is 15.3. The normalized spacial score (nSPS) is 11.1. The molecule has 0 atom stereocenters. The van der Waals surface area contributed by atoms with Crippen molar-refractivity contribution < 1.29 is 0 Å². The fraction of sp³-hybridized carbons (Fsp3) is 0.471. The number of hydrogen-bond acceptors (Lipinski definition) is 2. The molecular weight excluding hydrogens is 312 g/mol. The van der Waals surface area contributed by atoms with Crippen molar-refractivity contribution >= 4 is 32.5 Å². The maximum Gasteiger partial charge on any atom is 0.0732 e. The summed E-state index contributed by atoms with van der Waals surface area (Å²) in [6.45, 7) is 9.68. The van der Waals surface area contributed by atoms with Gasteiger partial charge in [0.1, 0.15) is 0 Å². The van der Waals surface area contributed by atoms with E-state index in [0.717, 1.165) is 31.3 Å². The summed E-state index contributed by atoms with van der Waals surface area (Å²) in [6, 6.07) is 4.40. The van der Waals surface area contributed by atoms with Gasteiger partial charge in [-0.3, -0.25) is 4.98 Å². The van der Waals surface area contributed by atoms with Crippen molar-refractivity contribution in [1.82, 2.24) is 4.98 Å². The zero-order valence-electron chi connectivity index (χ0n) is 12.8. The Morgan fingerprint density at radius 1 is 1.15 bits per heavy atom. The van der Waals surface area contributed by atoms with Gasteiger partial charge in [-0.1, -0.05) is 36.2 Å². The second-order valence-electron chi connectivity index (χ2n) is 5.36. The van der Waals surface area contributed by atoms with Gasteiger partial charge in [0.15, 0.2) is 0 Å². The van der Waals surface area contributed by atoms with Crippen LogP contribution in [0.15, 0.2) is 16.6 Å². The van der Waals surface area contributed by atoms with Gasteiger partial charge in [0.25, 0.3) is 0 Å². The van der Waals surface area contributed by atoms with E-state index in [-0.39, 0.29) is 0 Å². The van der Waals surface area contributed by atoms with Crippen LogP contribution in [-0.2, 0) is 6.42 Å². The van der Waals surface area contributed by atoms with Gasteiger partial charge in [-0.2, -0.15) is 0 Å². The summed E-state index contributed by atoms with van der Waals surface area (Å²) in [5.41, 5.74) is 6.03. The number of aromatic nitrogens is 1. The van der Waals surface area contributed by atoms with E-state index < -0.39 is 0 Å². The SMILES string of the molecule is CCCNc1cc(CCC)nc2cc(C)c(Br)c(C)c12. The maximum atomic E-state index is 4.84. The Morgan fingerprint density at radius 3 is 2.55 bits per heavy atom. The summed E-state index contributed by atoms with van der Waals surface area (Å²) >= 11 is 3.70. The monoisotopic (exact) mass is 334 g/mol. The molecular formula is C17H23BrN2. The lowest BCUT2D eigenvalue weighted by atomic mass is 10.0. The zero-order valence-corrected chi connectivity index (χ0v) is 14.4. The van der Waals surface area contributed by atoms with Crippen LogP contribution in [0.25, 0.3) is 10.9 Å². The molecule has 3 heteroatoms. The van der Waals surface area contributed by atoms with E-state index in [1.807, 2.05) is 0 Å². The molecule has 2 aromatic rings. The van der Waals surface area contributed by atoms with Crippen LogP contribution >= 0.6 is 15.9 Å². The number of nitrogens with zero attached hydrogens (tertiary/aromatic N) is 1. The summed E-state index contributed by atoms with van der Waals surface area (Å²) in [4.78, 5) is 4.84. The standard InChI is InChI=1S/C17H23BrN2/c1-5-7-13-10-14(19-8-6-2)16-12(4)17(18)11(3)9-15(16)20-13/h9-10H,5-8H2,1-4H3,(H,19,20). The minimum Gasteiger partial charge on any atom is -0.384 e. The molecule has 0 aliphatic rings. The van der Waals surface area contributed by atoms with Crippen molar-refractivity contribution in [2.24, 2.45) is 0 Å². The minimum atomic E-state index is 0.996. The molecule has 1 N–H and O–H groups in total. The van der Waals surface area contributed by atoms with E-state index in [9.17, 15) is 0 Å². The summed E-state index contributed by atoms with van der Waals surface area (Å²) < 4.78 is 1.19. The quantitative estimate of drug-likeness (QED) is 0.792. The molecule has 0 bridgehead atoms. The van der Waals surface area contributed by atoms with Gasteiger partial charge in [0.2, 0.25) is 0 Å². The molecule has 1 aromatic heterocycles. The lowest BCUT2D eigenvalue weighted by molar-refractivity contribution is 0.888. The fourth-order valence-corrected chi connectivity index (χ4v) is 2.89. The molecule has 2 rings (SSSR count). The molecule has 0 spiro atoms. The van der Waals surface area contributed by atoms with E-state index in [4.69, 9.17) is 4.98 Å². The third kappa shape index (κ3) is 2.98. The number of fused-ring (bicyclic) bond motifs is 1. The number of halogens is 1. The average molecular weight is 335 g/mol. The molecule has 0 radical (unpaired) electrons. The highest BCUT2D eigenvalue weighted by Crippen LogP contribution is 2.33. The van der Waals surface area contributed by atoms with Gasteiger partial charge in [0.05, 0.1) is 5.52 Å².